The highest BCUT2D eigenvalue weighted by atomic mass is 16.6. The van der Waals surface area contributed by atoms with Crippen LogP contribution in [0.3, 0.4) is 0 Å². The molecule has 0 saturated carbocycles. The molecular formula is C20H25N5O4. The van der Waals surface area contributed by atoms with E-state index in [1.54, 1.807) is 6.07 Å². The maximum Gasteiger partial charge on any atom is 0.166 e. The maximum absolute atomic E-state index is 10.3. The topological polar surface area (TPSA) is 139 Å². The van der Waals surface area contributed by atoms with Gasteiger partial charge in [-0.15, -0.1) is 0 Å². The Hall–Kier alpha value is -2.72. The molecule has 3 aromatic rings. The van der Waals surface area contributed by atoms with Crippen molar-refractivity contribution < 1.29 is 20.1 Å². The number of aromatic nitrogens is 3. The van der Waals surface area contributed by atoms with Crippen molar-refractivity contribution in [3.05, 3.63) is 47.8 Å². The van der Waals surface area contributed by atoms with Gasteiger partial charge in [0.25, 0.3) is 0 Å². The first-order valence-corrected chi connectivity index (χ1v) is 9.53. The van der Waals surface area contributed by atoms with Crippen molar-refractivity contribution in [1.82, 2.24) is 14.5 Å². The van der Waals surface area contributed by atoms with Crippen molar-refractivity contribution in [3.63, 3.8) is 0 Å². The van der Waals surface area contributed by atoms with Crippen LogP contribution in [0.1, 0.15) is 17.4 Å². The van der Waals surface area contributed by atoms with E-state index < -0.39 is 31.1 Å². The van der Waals surface area contributed by atoms with Gasteiger partial charge in [0.1, 0.15) is 29.6 Å². The zero-order chi connectivity index (χ0) is 20.5. The zero-order valence-electron chi connectivity index (χ0n) is 16.1. The van der Waals surface area contributed by atoms with Gasteiger partial charge in [0.2, 0.25) is 0 Å². The Morgan fingerprint density at radius 3 is 2.66 bits per heavy atom. The zero-order valence-corrected chi connectivity index (χ0v) is 16.1. The highest BCUT2D eigenvalue weighted by Crippen LogP contribution is 2.32. The second kappa shape index (κ2) is 7.96. The van der Waals surface area contributed by atoms with Crippen molar-refractivity contribution in [2.45, 2.75) is 37.9 Å². The van der Waals surface area contributed by atoms with Crippen LogP contribution in [-0.2, 0) is 11.2 Å². The van der Waals surface area contributed by atoms with E-state index in [-0.39, 0.29) is 0 Å². The molecule has 4 rings (SSSR count). The molecule has 3 heterocycles. The van der Waals surface area contributed by atoms with Gasteiger partial charge in [0.15, 0.2) is 11.9 Å². The molecule has 2 aromatic heterocycles. The van der Waals surface area contributed by atoms with E-state index in [1.165, 1.54) is 22.0 Å². The summed E-state index contributed by atoms with van der Waals surface area (Å²) in [5.41, 5.74) is 9.92. The molecule has 0 bridgehead atoms. The third kappa shape index (κ3) is 3.77. The molecule has 1 aromatic carbocycles. The Kier molecular flexibility index (Phi) is 5.37. The van der Waals surface area contributed by atoms with Gasteiger partial charge in [-0.1, -0.05) is 29.8 Å². The molecule has 6 N–H and O–H groups in total. The Labute approximate surface area is 167 Å². The maximum atomic E-state index is 10.3. The number of nitrogens with zero attached hydrogens (tertiary/aromatic N) is 3. The Morgan fingerprint density at radius 2 is 1.97 bits per heavy atom. The number of imidazole rings is 1. The van der Waals surface area contributed by atoms with Crippen LogP contribution in [0.25, 0.3) is 11.2 Å². The van der Waals surface area contributed by atoms with Crippen molar-refractivity contribution in [2.75, 3.05) is 24.2 Å². The van der Waals surface area contributed by atoms with Gasteiger partial charge in [0.05, 0.1) is 18.6 Å². The molecule has 1 saturated heterocycles. The number of aryl methyl sites for hydroxylation is 1. The van der Waals surface area contributed by atoms with Gasteiger partial charge in [-0.25, -0.2) is 9.97 Å². The van der Waals surface area contributed by atoms with Crippen LogP contribution in [-0.4, -0.2) is 61.3 Å². The number of rotatable bonds is 6. The fourth-order valence-corrected chi connectivity index (χ4v) is 3.51. The van der Waals surface area contributed by atoms with Crippen molar-refractivity contribution >= 4 is 22.7 Å². The first-order valence-electron chi connectivity index (χ1n) is 9.53. The summed E-state index contributed by atoms with van der Waals surface area (Å²) >= 11 is 0. The van der Waals surface area contributed by atoms with E-state index >= 15 is 0 Å². The number of aliphatic hydroxyl groups excluding tert-OH is 3. The predicted octanol–water partition coefficient (Wildman–Crippen LogP) is 0.588. The molecule has 0 amide bonds. The van der Waals surface area contributed by atoms with Crippen LogP contribution in [0, 0.1) is 6.92 Å². The summed E-state index contributed by atoms with van der Waals surface area (Å²) in [6.07, 6.45) is -1.91. The van der Waals surface area contributed by atoms with Crippen LogP contribution in [0.4, 0.5) is 11.5 Å². The first kappa shape index (κ1) is 19.6. The van der Waals surface area contributed by atoms with Crippen LogP contribution in [0.2, 0.25) is 0 Å². The quantitative estimate of drug-likeness (QED) is 0.406. The fraction of sp³-hybridized carbons (Fsp3) is 0.400. The molecule has 0 aliphatic carbocycles. The summed E-state index contributed by atoms with van der Waals surface area (Å²) < 4.78 is 7.12. The van der Waals surface area contributed by atoms with Crippen LogP contribution in [0.5, 0.6) is 0 Å². The molecule has 1 fully saturated rings. The average molecular weight is 399 g/mol. The number of anilines is 2. The minimum atomic E-state index is -1.22. The lowest BCUT2D eigenvalue weighted by Gasteiger charge is -2.17. The van der Waals surface area contributed by atoms with Crippen molar-refractivity contribution in [2.24, 2.45) is 0 Å². The molecule has 9 heteroatoms. The summed E-state index contributed by atoms with van der Waals surface area (Å²) in [6, 6.07) is 10.1. The number of hydrogen-bond donors (Lipinski definition) is 5. The molecule has 0 unspecified atom stereocenters. The number of nitrogen functional groups attached to an aromatic ring is 1. The lowest BCUT2D eigenvalue weighted by Crippen LogP contribution is -2.33. The van der Waals surface area contributed by atoms with E-state index in [9.17, 15) is 15.3 Å². The number of fused-ring (bicyclic) bond motifs is 1. The minimum absolute atomic E-state index is 0.400. The Bertz CT molecular complexity index is 990. The number of nitrogens with two attached hydrogens (primary N) is 1. The van der Waals surface area contributed by atoms with Gasteiger partial charge in [0, 0.05) is 12.6 Å². The van der Waals surface area contributed by atoms with Gasteiger partial charge < -0.3 is 31.1 Å². The number of benzene rings is 1. The standard InChI is InChI=1S/C20H25N5O4/c1-11-2-4-12(5-3-11)6-7-22-15-8-13(21)16-19(24-15)25(10-23-16)20-18(28)17(27)14(9-26)29-20/h2-5,8,10,14,17-18,20,26-28H,6-7,9H2,1H3,(H3,21,22,24)/t14-,17-,18-,20-/m1/s1. The minimum Gasteiger partial charge on any atom is -0.397 e. The highest BCUT2D eigenvalue weighted by molar-refractivity contribution is 5.86. The van der Waals surface area contributed by atoms with Crippen LogP contribution < -0.4 is 11.1 Å². The van der Waals surface area contributed by atoms with Crippen LogP contribution >= 0.6 is 0 Å². The summed E-state index contributed by atoms with van der Waals surface area (Å²) in [5.74, 6) is 0.579. The van der Waals surface area contributed by atoms with Gasteiger partial charge >= 0.3 is 0 Å². The molecule has 29 heavy (non-hydrogen) atoms. The van der Waals surface area contributed by atoms with Crippen molar-refractivity contribution in [1.29, 1.82) is 0 Å². The average Bonchev–Trinajstić information content (AvgIpc) is 3.25. The third-order valence-electron chi connectivity index (χ3n) is 5.19. The summed E-state index contributed by atoms with van der Waals surface area (Å²) in [5, 5.41) is 32.9. The number of nitrogens with one attached hydrogen (secondary N) is 1. The van der Waals surface area contributed by atoms with Gasteiger partial charge in [-0.05, 0) is 18.9 Å². The second-order valence-electron chi connectivity index (χ2n) is 7.31. The van der Waals surface area contributed by atoms with E-state index in [0.29, 0.717) is 29.2 Å². The summed E-state index contributed by atoms with van der Waals surface area (Å²) in [7, 11) is 0. The number of pyridine rings is 1. The van der Waals surface area contributed by atoms with E-state index in [0.717, 1.165) is 6.42 Å². The van der Waals surface area contributed by atoms with E-state index in [1.807, 2.05) is 0 Å². The first-order chi connectivity index (χ1) is 14.0. The molecule has 1 aliphatic rings. The van der Waals surface area contributed by atoms with E-state index in [2.05, 4.69) is 46.5 Å². The molecule has 1 aliphatic heterocycles. The van der Waals surface area contributed by atoms with Gasteiger partial charge in [-0.3, -0.25) is 4.57 Å². The van der Waals surface area contributed by atoms with E-state index in [4.69, 9.17) is 10.5 Å². The smallest absolute Gasteiger partial charge is 0.166 e. The Balaban J connectivity index is 1.54. The molecule has 154 valence electrons. The number of aliphatic hydroxyl groups is 3. The third-order valence-corrected chi connectivity index (χ3v) is 5.19. The largest absolute Gasteiger partial charge is 0.397 e. The Morgan fingerprint density at radius 1 is 1.21 bits per heavy atom. The SMILES string of the molecule is Cc1ccc(CCNc2cc(N)c3ncn([C@@H]4O[C@H](CO)[C@@H](O)[C@H]4O)c3n2)cc1. The number of ether oxygens (including phenoxy) is 1. The molecule has 0 spiro atoms. The molecule has 0 radical (unpaired) electrons. The molecule has 9 nitrogen and oxygen atoms in total. The van der Waals surface area contributed by atoms with Crippen molar-refractivity contribution in [3.8, 4) is 0 Å². The lowest BCUT2D eigenvalue weighted by atomic mass is 10.1. The highest BCUT2D eigenvalue weighted by Gasteiger charge is 2.44. The van der Waals surface area contributed by atoms with Gasteiger partial charge in [-0.2, -0.15) is 0 Å². The number of hydrogen-bond acceptors (Lipinski definition) is 8. The monoisotopic (exact) mass is 399 g/mol. The predicted molar refractivity (Wildman–Crippen MR) is 108 cm³/mol. The summed E-state index contributed by atoms with van der Waals surface area (Å²) in [6.45, 7) is 2.32. The molecule has 4 atom stereocenters. The summed E-state index contributed by atoms with van der Waals surface area (Å²) in [4.78, 5) is 8.83. The second-order valence-corrected chi connectivity index (χ2v) is 7.31. The lowest BCUT2D eigenvalue weighted by molar-refractivity contribution is -0.0511. The van der Waals surface area contributed by atoms with Crippen LogP contribution in [0.15, 0.2) is 36.7 Å². The normalized spacial score (nSPS) is 24.3. The molecular weight excluding hydrogens is 374 g/mol. The fourth-order valence-electron chi connectivity index (χ4n) is 3.51.